The average molecular weight is 210 g/mol. The Morgan fingerprint density at radius 1 is 1.50 bits per heavy atom. The summed E-state index contributed by atoms with van der Waals surface area (Å²) in [5, 5.41) is 6.59. The lowest BCUT2D eigenvalue weighted by Crippen LogP contribution is -1.93. The van der Waals surface area contributed by atoms with Crippen LogP contribution in [0.5, 0.6) is 0 Å². The van der Waals surface area contributed by atoms with Crippen molar-refractivity contribution >= 4 is 12.2 Å². The number of hydrogen-bond acceptors (Lipinski definition) is 3. The maximum absolute atomic E-state index is 12.9. The molecule has 0 aromatic carbocycles. The maximum Gasteiger partial charge on any atom is 0.195 e. The van der Waals surface area contributed by atoms with E-state index < -0.39 is 5.82 Å². The summed E-state index contributed by atoms with van der Waals surface area (Å²) in [5.74, 6) is 0.179. The molecule has 0 saturated carbocycles. The second kappa shape index (κ2) is 3.30. The fourth-order valence-electron chi connectivity index (χ4n) is 1.14. The van der Waals surface area contributed by atoms with Crippen LogP contribution in [0.25, 0.3) is 11.4 Å². The lowest BCUT2D eigenvalue weighted by Gasteiger charge is -1.98. The Morgan fingerprint density at radius 3 is 2.86 bits per heavy atom. The molecule has 1 N–H and O–H groups in total. The van der Waals surface area contributed by atoms with Crippen LogP contribution in [0, 0.1) is 10.6 Å². The third-order valence-corrected chi connectivity index (χ3v) is 2.21. The second-order valence-corrected chi connectivity index (χ2v) is 3.19. The Morgan fingerprint density at radius 2 is 2.29 bits per heavy atom. The predicted molar refractivity (Wildman–Crippen MR) is 51.6 cm³/mol. The summed E-state index contributed by atoms with van der Waals surface area (Å²) >= 11 is 4.94. The van der Waals surface area contributed by atoms with E-state index in [0.29, 0.717) is 16.2 Å². The van der Waals surface area contributed by atoms with E-state index in [-0.39, 0.29) is 0 Å². The molecule has 0 saturated heterocycles. The standard InChI is InChI=1S/C8H7FN4S/c1-13-7(11-12-8(13)14)5-2-6(9)4-10-3-5/h2-4H,1H3,(H,12,14). The first-order valence-corrected chi connectivity index (χ1v) is 4.31. The first-order valence-electron chi connectivity index (χ1n) is 3.91. The summed E-state index contributed by atoms with van der Waals surface area (Å²) in [4.78, 5) is 3.73. The molecule has 0 atom stereocenters. The number of H-pyrrole nitrogens is 1. The van der Waals surface area contributed by atoms with Gasteiger partial charge in [-0.15, -0.1) is 0 Å². The van der Waals surface area contributed by atoms with Crippen LogP contribution >= 0.6 is 12.2 Å². The Hall–Kier alpha value is -1.56. The van der Waals surface area contributed by atoms with E-state index >= 15 is 0 Å². The van der Waals surface area contributed by atoms with Crippen LogP contribution in [0.2, 0.25) is 0 Å². The first-order chi connectivity index (χ1) is 6.68. The number of halogens is 1. The minimum atomic E-state index is -0.392. The van der Waals surface area contributed by atoms with E-state index in [4.69, 9.17) is 12.2 Å². The molecule has 4 nitrogen and oxygen atoms in total. The number of rotatable bonds is 1. The van der Waals surface area contributed by atoms with Gasteiger partial charge in [-0.25, -0.2) is 4.39 Å². The summed E-state index contributed by atoms with van der Waals surface area (Å²) < 4.78 is 15.0. The van der Waals surface area contributed by atoms with Crippen molar-refractivity contribution in [1.82, 2.24) is 19.7 Å². The second-order valence-electron chi connectivity index (χ2n) is 2.80. The van der Waals surface area contributed by atoms with Gasteiger partial charge < -0.3 is 4.57 Å². The smallest absolute Gasteiger partial charge is 0.195 e. The monoisotopic (exact) mass is 210 g/mol. The van der Waals surface area contributed by atoms with Crippen molar-refractivity contribution in [3.8, 4) is 11.4 Å². The lowest BCUT2D eigenvalue weighted by atomic mass is 10.2. The van der Waals surface area contributed by atoms with Crippen LogP contribution in [-0.4, -0.2) is 19.7 Å². The molecule has 0 spiro atoms. The zero-order valence-electron chi connectivity index (χ0n) is 7.36. The highest BCUT2D eigenvalue weighted by molar-refractivity contribution is 7.71. The van der Waals surface area contributed by atoms with Crippen LogP contribution in [0.15, 0.2) is 18.5 Å². The van der Waals surface area contributed by atoms with Gasteiger partial charge in [-0.05, 0) is 18.3 Å². The summed E-state index contributed by atoms with van der Waals surface area (Å²) in [5.41, 5.74) is 0.597. The molecule has 0 aliphatic rings. The van der Waals surface area contributed by atoms with Crippen molar-refractivity contribution < 1.29 is 4.39 Å². The van der Waals surface area contributed by atoms with Gasteiger partial charge in [0.15, 0.2) is 10.6 Å². The van der Waals surface area contributed by atoms with Crippen LogP contribution in [0.4, 0.5) is 4.39 Å². The molecule has 0 aliphatic heterocycles. The number of hydrogen-bond donors (Lipinski definition) is 1. The van der Waals surface area contributed by atoms with Gasteiger partial charge in [0.1, 0.15) is 5.82 Å². The Bertz CT molecular complexity index is 516. The number of nitrogens with zero attached hydrogens (tertiary/aromatic N) is 3. The molecule has 0 amide bonds. The average Bonchev–Trinajstić information content (AvgIpc) is 2.48. The third kappa shape index (κ3) is 1.44. The number of pyridine rings is 1. The first kappa shape index (κ1) is 9.01. The third-order valence-electron chi connectivity index (χ3n) is 1.84. The summed E-state index contributed by atoms with van der Waals surface area (Å²) in [6, 6.07) is 1.36. The summed E-state index contributed by atoms with van der Waals surface area (Å²) in [6.45, 7) is 0. The van der Waals surface area contributed by atoms with Crippen molar-refractivity contribution in [3.63, 3.8) is 0 Å². The fourth-order valence-corrected chi connectivity index (χ4v) is 1.27. The van der Waals surface area contributed by atoms with Gasteiger partial charge in [0, 0.05) is 18.8 Å². The highest BCUT2D eigenvalue weighted by atomic mass is 32.1. The van der Waals surface area contributed by atoms with E-state index in [2.05, 4.69) is 15.2 Å². The fraction of sp³-hybridized carbons (Fsp3) is 0.125. The van der Waals surface area contributed by atoms with E-state index in [1.54, 1.807) is 11.6 Å². The molecule has 2 heterocycles. The van der Waals surface area contributed by atoms with E-state index in [1.165, 1.54) is 12.3 Å². The molecule has 6 heteroatoms. The molecule has 2 aromatic rings. The zero-order chi connectivity index (χ0) is 10.1. The molecule has 72 valence electrons. The van der Waals surface area contributed by atoms with Crippen LogP contribution < -0.4 is 0 Å². The zero-order valence-corrected chi connectivity index (χ0v) is 8.18. The molecular weight excluding hydrogens is 203 g/mol. The van der Waals surface area contributed by atoms with Gasteiger partial charge in [-0.1, -0.05) is 0 Å². The van der Waals surface area contributed by atoms with Crippen molar-refractivity contribution in [2.75, 3.05) is 0 Å². The molecular formula is C8H7FN4S. The normalized spacial score (nSPS) is 10.4. The summed E-state index contributed by atoms with van der Waals surface area (Å²) in [7, 11) is 1.76. The SMILES string of the molecule is Cn1c(-c2cncc(F)c2)n[nH]c1=S. The van der Waals surface area contributed by atoms with Gasteiger partial charge in [-0.3, -0.25) is 10.1 Å². The summed E-state index contributed by atoms with van der Waals surface area (Å²) in [6.07, 6.45) is 2.68. The molecule has 0 bridgehead atoms. The van der Waals surface area contributed by atoms with E-state index in [0.717, 1.165) is 6.20 Å². The molecule has 0 radical (unpaired) electrons. The number of nitrogens with one attached hydrogen (secondary N) is 1. The van der Waals surface area contributed by atoms with Crippen molar-refractivity contribution in [1.29, 1.82) is 0 Å². The van der Waals surface area contributed by atoms with Crippen LogP contribution in [0.3, 0.4) is 0 Å². The highest BCUT2D eigenvalue weighted by Gasteiger charge is 2.06. The topological polar surface area (TPSA) is 46.5 Å². The molecule has 14 heavy (non-hydrogen) atoms. The highest BCUT2D eigenvalue weighted by Crippen LogP contribution is 2.15. The van der Waals surface area contributed by atoms with Gasteiger partial charge in [0.2, 0.25) is 0 Å². The van der Waals surface area contributed by atoms with Crippen molar-refractivity contribution in [2.45, 2.75) is 0 Å². The molecule has 2 aromatic heterocycles. The number of aromatic amines is 1. The largest absolute Gasteiger partial charge is 0.303 e. The Balaban J connectivity index is 2.60. The Labute approximate surface area is 84.4 Å². The minimum absolute atomic E-state index is 0.392. The molecule has 2 rings (SSSR count). The maximum atomic E-state index is 12.9. The van der Waals surface area contributed by atoms with Crippen molar-refractivity contribution in [3.05, 3.63) is 29.0 Å². The van der Waals surface area contributed by atoms with Crippen molar-refractivity contribution in [2.24, 2.45) is 7.05 Å². The lowest BCUT2D eigenvalue weighted by molar-refractivity contribution is 0.621. The molecule has 0 fully saturated rings. The molecule has 0 aliphatic carbocycles. The predicted octanol–water partition coefficient (Wildman–Crippen LogP) is 1.68. The quantitative estimate of drug-likeness (QED) is 0.728. The molecule has 0 unspecified atom stereocenters. The van der Waals surface area contributed by atoms with E-state index in [9.17, 15) is 4.39 Å². The van der Waals surface area contributed by atoms with Crippen LogP contribution in [-0.2, 0) is 7.05 Å². The van der Waals surface area contributed by atoms with E-state index in [1.807, 2.05) is 0 Å². The number of aromatic nitrogens is 4. The minimum Gasteiger partial charge on any atom is -0.303 e. The van der Waals surface area contributed by atoms with Gasteiger partial charge in [-0.2, -0.15) is 5.10 Å². The van der Waals surface area contributed by atoms with Gasteiger partial charge in [0.25, 0.3) is 0 Å². The van der Waals surface area contributed by atoms with Gasteiger partial charge in [0.05, 0.1) is 6.20 Å². The van der Waals surface area contributed by atoms with Gasteiger partial charge >= 0.3 is 0 Å². The van der Waals surface area contributed by atoms with Crippen LogP contribution in [0.1, 0.15) is 0 Å². The Kier molecular flexibility index (Phi) is 2.12.